The van der Waals surface area contributed by atoms with Gasteiger partial charge in [-0.15, -0.1) is 0 Å². The fraction of sp³-hybridized carbons (Fsp3) is 0.308. The van der Waals surface area contributed by atoms with E-state index in [9.17, 15) is 5.11 Å². The van der Waals surface area contributed by atoms with Gasteiger partial charge in [-0.05, 0) is 38.1 Å². The minimum atomic E-state index is 0.217. The van der Waals surface area contributed by atoms with Crippen LogP contribution in [-0.4, -0.2) is 14.9 Å². The van der Waals surface area contributed by atoms with Crippen molar-refractivity contribution in [2.75, 3.05) is 5.73 Å². The highest BCUT2D eigenvalue weighted by Gasteiger charge is 2.11. The fourth-order valence-electron chi connectivity index (χ4n) is 1.69. The van der Waals surface area contributed by atoms with Crippen LogP contribution in [-0.2, 0) is 6.61 Å². The summed E-state index contributed by atoms with van der Waals surface area (Å²) in [6.07, 6.45) is 1.63. The number of benzene rings is 1. The van der Waals surface area contributed by atoms with E-state index < -0.39 is 0 Å². The molecule has 5 heteroatoms. The van der Waals surface area contributed by atoms with Crippen molar-refractivity contribution in [1.82, 2.24) is 9.78 Å². The summed E-state index contributed by atoms with van der Waals surface area (Å²) in [5.74, 6) is 0.901. The van der Waals surface area contributed by atoms with Gasteiger partial charge in [0.25, 0.3) is 0 Å². The first-order valence-corrected chi connectivity index (χ1v) is 5.81. The van der Waals surface area contributed by atoms with Crippen molar-refractivity contribution in [3.8, 4) is 11.5 Å². The van der Waals surface area contributed by atoms with Crippen LogP contribution in [0.1, 0.15) is 25.6 Å². The van der Waals surface area contributed by atoms with Gasteiger partial charge in [0.05, 0.1) is 17.6 Å². The zero-order valence-corrected chi connectivity index (χ0v) is 10.5. The van der Waals surface area contributed by atoms with E-state index in [1.807, 2.05) is 18.5 Å². The monoisotopic (exact) mass is 247 g/mol. The number of nitrogen functional groups attached to an aromatic ring is 1. The van der Waals surface area contributed by atoms with Gasteiger partial charge in [-0.3, -0.25) is 4.68 Å². The van der Waals surface area contributed by atoms with Crippen LogP contribution in [0.25, 0.3) is 0 Å². The second-order valence-corrected chi connectivity index (χ2v) is 4.37. The average Bonchev–Trinajstić information content (AvgIpc) is 2.70. The molecule has 0 aliphatic rings. The van der Waals surface area contributed by atoms with Crippen molar-refractivity contribution >= 4 is 5.69 Å². The molecule has 0 radical (unpaired) electrons. The lowest BCUT2D eigenvalue weighted by atomic mass is 10.3. The number of hydrogen-bond donors (Lipinski definition) is 2. The van der Waals surface area contributed by atoms with Crippen molar-refractivity contribution < 1.29 is 9.84 Å². The first-order chi connectivity index (χ1) is 8.58. The molecule has 1 aromatic heterocycles. The van der Waals surface area contributed by atoms with E-state index in [1.54, 1.807) is 30.5 Å². The minimum absolute atomic E-state index is 0.217. The van der Waals surface area contributed by atoms with Crippen LogP contribution in [0.15, 0.2) is 30.5 Å². The highest BCUT2D eigenvalue weighted by molar-refractivity contribution is 5.41. The van der Waals surface area contributed by atoms with E-state index >= 15 is 0 Å². The Morgan fingerprint density at radius 2 is 2.00 bits per heavy atom. The van der Waals surface area contributed by atoms with Gasteiger partial charge in [0.15, 0.2) is 0 Å². The van der Waals surface area contributed by atoms with E-state index in [4.69, 9.17) is 10.5 Å². The maximum atomic E-state index is 9.18. The van der Waals surface area contributed by atoms with Crippen molar-refractivity contribution in [3.63, 3.8) is 0 Å². The molecule has 18 heavy (non-hydrogen) atoms. The van der Waals surface area contributed by atoms with Gasteiger partial charge in [0.1, 0.15) is 18.1 Å². The Kier molecular flexibility index (Phi) is 3.41. The van der Waals surface area contributed by atoms with Crippen molar-refractivity contribution in [3.05, 3.63) is 36.2 Å². The number of aromatic nitrogens is 2. The zero-order chi connectivity index (χ0) is 13.1. The van der Waals surface area contributed by atoms with Gasteiger partial charge >= 0.3 is 0 Å². The maximum Gasteiger partial charge on any atom is 0.132 e. The normalized spacial score (nSPS) is 10.8. The molecule has 2 aromatic rings. The van der Waals surface area contributed by atoms with Crippen LogP contribution < -0.4 is 10.5 Å². The third-order valence-electron chi connectivity index (χ3n) is 2.63. The minimum Gasteiger partial charge on any atom is -0.508 e. The molecule has 96 valence electrons. The van der Waals surface area contributed by atoms with Gasteiger partial charge in [-0.1, -0.05) is 0 Å². The lowest BCUT2D eigenvalue weighted by Crippen LogP contribution is -2.11. The third kappa shape index (κ3) is 2.56. The first-order valence-electron chi connectivity index (χ1n) is 5.81. The second kappa shape index (κ2) is 5.00. The molecule has 0 bridgehead atoms. The van der Waals surface area contributed by atoms with E-state index in [0.717, 1.165) is 5.69 Å². The van der Waals surface area contributed by atoms with E-state index in [0.29, 0.717) is 18.0 Å². The Morgan fingerprint density at radius 1 is 1.33 bits per heavy atom. The van der Waals surface area contributed by atoms with Crippen LogP contribution in [0.5, 0.6) is 11.5 Å². The molecular weight excluding hydrogens is 230 g/mol. The van der Waals surface area contributed by atoms with Gasteiger partial charge in [0.2, 0.25) is 0 Å². The van der Waals surface area contributed by atoms with Gasteiger partial charge < -0.3 is 15.6 Å². The molecule has 0 amide bonds. The van der Waals surface area contributed by atoms with Crippen LogP contribution in [0, 0.1) is 0 Å². The Balaban J connectivity index is 2.10. The number of anilines is 1. The number of ether oxygens (including phenoxy) is 1. The molecule has 0 spiro atoms. The summed E-state index contributed by atoms with van der Waals surface area (Å²) in [5, 5.41) is 13.4. The number of aromatic hydroxyl groups is 1. The van der Waals surface area contributed by atoms with Crippen molar-refractivity contribution in [2.45, 2.75) is 26.5 Å². The Morgan fingerprint density at radius 3 is 2.61 bits per heavy atom. The molecule has 0 atom stereocenters. The SMILES string of the molecule is CC(C)n1ncc(N)c1COc1ccc(O)cc1. The van der Waals surface area contributed by atoms with Crippen LogP contribution >= 0.6 is 0 Å². The fourth-order valence-corrected chi connectivity index (χ4v) is 1.69. The molecule has 0 unspecified atom stereocenters. The largest absolute Gasteiger partial charge is 0.508 e. The molecule has 0 saturated carbocycles. The standard InChI is InChI=1S/C13H17N3O2/c1-9(2)16-13(12(14)7-15-16)8-18-11-5-3-10(17)4-6-11/h3-7,9,17H,8,14H2,1-2H3. The predicted octanol–water partition coefficient (Wildman–Crippen LogP) is 2.33. The number of nitrogens with two attached hydrogens (primary N) is 1. The smallest absolute Gasteiger partial charge is 0.132 e. The van der Waals surface area contributed by atoms with E-state index in [1.165, 1.54) is 0 Å². The molecule has 0 fully saturated rings. The summed E-state index contributed by atoms with van der Waals surface area (Å²) in [5.41, 5.74) is 7.35. The van der Waals surface area contributed by atoms with Gasteiger partial charge in [-0.25, -0.2) is 0 Å². The van der Waals surface area contributed by atoms with E-state index in [-0.39, 0.29) is 11.8 Å². The summed E-state index contributed by atoms with van der Waals surface area (Å²) in [4.78, 5) is 0. The second-order valence-electron chi connectivity index (χ2n) is 4.37. The molecule has 0 aliphatic heterocycles. The molecule has 1 aromatic carbocycles. The maximum absolute atomic E-state index is 9.18. The first kappa shape index (κ1) is 12.3. The zero-order valence-electron chi connectivity index (χ0n) is 10.5. The van der Waals surface area contributed by atoms with Crippen LogP contribution in [0.3, 0.4) is 0 Å². The van der Waals surface area contributed by atoms with Gasteiger partial charge in [0, 0.05) is 6.04 Å². The van der Waals surface area contributed by atoms with E-state index in [2.05, 4.69) is 5.10 Å². The summed E-state index contributed by atoms with van der Waals surface area (Å²) in [6, 6.07) is 6.82. The number of phenols is 1. The van der Waals surface area contributed by atoms with Crippen molar-refractivity contribution in [1.29, 1.82) is 0 Å². The van der Waals surface area contributed by atoms with Crippen LogP contribution in [0.4, 0.5) is 5.69 Å². The number of rotatable bonds is 4. The molecular formula is C13H17N3O2. The molecule has 5 nitrogen and oxygen atoms in total. The van der Waals surface area contributed by atoms with Gasteiger partial charge in [-0.2, -0.15) is 5.10 Å². The summed E-state index contributed by atoms with van der Waals surface area (Å²) in [6.45, 7) is 4.43. The average molecular weight is 247 g/mol. The quantitative estimate of drug-likeness (QED) is 0.869. The predicted molar refractivity (Wildman–Crippen MR) is 69.5 cm³/mol. The lowest BCUT2D eigenvalue weighted by Gasteiger charge is -2.12. The third-order valence-corrected chi connectivity index (χ3v) is 2.63. The van der Waals surface area contributed by atoms with Crippen molar-refractivity contribution in [2.24, 2.45) is 0 Å². The molecule has 0 saturated heterocycles. The summed E-state index contributed by atoms with van der Waals surface area (Å²) >= 11 is 0. The highest BCUT2D eigenvalue weighted by Crippen LogP contribution is 2.20. The molecule has 3 N–H and O–H groups in total. The molecule has 2 rings (SSSR count). The summed E-state index contributed by atoms with van der Waals surface area (Å²) < 4.78 is 7.47. The topological polar surface area (TPSA) is 73.3 Å². The Hall–Kier alpha value is -2.17. The number of nitrogens with zero attached hydrogens (tertiary/aromatic N) is 2. The Labute approximate surface area is 106 Å². The number of phenolic OH excluding ortho intramolecular Hbond substituents is 1. The Bertz CT molecular complexity index is 518. The highest BCUT2D eigenvalue weighted by atomic mass is 16.5. The molecule has 0 aliphatic carbocycles. The number of hydrogen-bond acceptors (Lipinski definition) is 4. The van der Waals surface area contributed by atoms with Crippen LogP contribution in [0.2, 0.25) is 0 Å². The molecule has 1 heterocycles. The lowest BCUT2D eigenvalue weighted by molar-refractivity contribution is 0.288. The summed E-state index contributed by atoms with van der Waals surface area (Å²) in [7, 11) is 0.